The van der Waals surface area contributed by atoms with Gasteiger partial charge in [0.15, 0.2) is 0 Å². The van der Waals surface area contributed by atoms with E-state index in [-0.39, 0.29) is 19.3 Å². The van der Waals surface area contributed by atoms with Crippen LogP contribution in [0.1, 0.15) is 6.42 Å². The van der Waals surface area contributed by atoms with E-state index in [1.54, 1.807) is 0 Å². The van der Waals surface area contributed by atoms with Gasteiger partial charge in [-0.05, 0) is 29.7 Å². The molecule has 0 aromatic heterocycles. The van der Waals surface area contributed by atoms with Crippen molar-refractivity contribution < 1.29 is 10.2 Å². The minimum absolute atomic E-state index is 0.0149. The van der Waals surface area contributed by atoms with Crippen molar-refractivity contribution in [2.24, 2.45) is 0 Å². The maximum atomic E-state index is 9.18. The van der Waals surface area contributed by atoms with Crippen molar-refractivity contribution in [2.75, 3.05) is 18.5 Å². The fourth-order valence-electron chi connectivity index (χ4n) is 1.99. The third kappa shape index (κ3) is 3.81. The zero-order valence-electron chi connectivity index (χ0n) is 10.8. The Morgan fingerprint density at radius 1 is 0.842 bits per heavy atom. The highest BCUT2D eigenvalue weighted by Crippen LogP contribution is 2.21. The first-order valence-corrected chi connectivity index (χ1v) is 6.47. The fourth-order valence-corrected chi connectivity index (χ4v) is 1.99. The minimum Gasteiger partial charge on any atom is -0.396 e. The number of benzene rings is 2. The molecule has 0 saturated carbocycles. The van der Waals surface area contributed by atoms with E-state index in [0.717, 1.165) is 11.3 Å². The lowest BCUT2D eigenvalue weighted by Crippen LogP contribution is -2.24. The van der Waals surface area contributed by atoms with Gasteiger partial charge in [0.25, 0.3) is 0 Å². The second-order valence-corrected chi connectivity index (χ2v) is 4.48. The lowest BCUT2D eigenvalue weighted by molar-refractivity contribution is 0.229. The molecule has 0 spiro atoms. The van der Waals surface area contributed by atoms with Gasteiger partial charge in [-0.25, -0.2) is 0 Å². The van der Waals surface area contributed by atoms with E-state index in [4.69, 9.17) is 5.11 Å². The monoisotopic (exact) mass is 257 g/mol. The molecule has 3 nitrogen and oxygen atoms in total. The van der Waals surface area contributed by atoms with Gasteiger partial charge in [-0.3, -0.25) is 0 Å². The van der Waals surface area contributed by atoms with Crippen LogP contribution in [0.4, 0.5) is 5.69 Å². The first-order chi connectivity index (χ1) is 9.33. The molecule has 2 rings (SSSR count). The van der Waals surface area contributed by atoms with Crippen LogP contribution in [0, 0.1) is 0 Å². The van der Waals surface area contributed by atoms with Crippen LogP contribution >= 0.6 is 0 Å². The quantitative estimate of drug-likeness (QED) is 0.745. The molecule has 0 aliphatic carbocycles. The van der Waals surface area contributed by atoms with Crippen molar-refractivity contribution in [3.63, 3.8) is 0 Å². The van der Waals surface area contributed by atoms with E-state index in [1.807, 2.05) is 42.5 Å². The molecule has 2 aromatic carbocycles. The molecular formula is C16H19NO2. The summed E-state index contributed by atoms with van der Waals surface area (Å²) in [4.78, 5) is 0. The van der Waals surface area contributed by atoms with E-state index >= 15 is 0 Å². The van der Waals surface area contributed by atoms with E-state index in [9.17, 15) is 5.11 Å². The Bertz CT molecular complexity index is 482. The number of aliphatic hydroxyl groups is 2. The van der Waals surface area contributed by atoms with Crippen LogP contribution in [0.2, 0.25) is 0 Å². The highest BCUT2D eigenvalue weighted by atomic mass is 16.3. The predicted molar refractivity (Wildman–Crippen MR) is 78.1 cm³/mol. The maximum absolute atomic E-state index is 9.18. The molecule has 2 aromatic rings. The third-order valence-electron chi connectivity index (χ3n) is 3.06. The van der Waals surface area contributed by atoms with Crippen LogP contribution in [0.3, 0.4) is 0 Å². The highest BCUT2D eigenvalue weighted by molar-refractivity contribution is 5.65. The minimum atomic E-state index is -0.104. The SMILES string of the molecule is OCCC(CO)Nc1ccc(-c2ccccc2)cc1. The molecule has 0 aliphatic heterocycles. The molecule has 3 N–H and O–H groups in total. The average molecular weight is 257 g/mol. The Hall–Kier alpha value is -1.84. The molecule has 3 heteroatoms. The number of hydrogen-bond acceptors (Lipinski definition) is 3. The molecule has 100 valence electrons. The summed E-state index contributed by atoms with van der Waals surface area (Å²) in [5, 5.41) is 21.3. The summed E-state index contributed by atoms with van der Waals surface area (Å²) in [6, 6.07) is 18.2. The Kier molecular flexibility index (Phi) is 4.95. The van der Waals surface area contributed by atoms with Gasteiger partial charge in [0.1, 0.15) is 0 Å². The zero-order chi connectivity index (χ0) is 13.5. The van der Waals surface area contributed by atoms with Gasteiger partial charge in [-0.1, -0.05) is 42.5 Å². The van der Waals surface area contributed by atoms with Gasteiger partial charge in [-0.2, -0.15) is 0 Å². The molecule has 1 atom stereocenters. The average Bonchev–Trinajstić information content (AvgIpc) is 2.48. The lowest BCUT2D eigenvalue weighted by Gasteiger charge is -2.16. The van der Waals surface area contributed by atoms with Crippen molar-refractivity contribution in [3.8, 4) is 11.1 Å². The predicted octanol–water partition coefficient (Wildman–Crippen LogP) is 2.51. The molecule has 0 heterocycles. The van der Waals surface area contributed by atoms with E-state index in [0.29, 0.717) is 6.42 Å². The second kappa shape index (κ2) is 6.92. The molecule has 1 unspecified atom stereocenters. The lowest BCUT2D eigenvalue weighted by atomic mass is 10.1. The Labute approximate surface area is 113 Å². The topological polar surface area (TPSA) is 52.5 Å². The normalized spacial score (nSPS) is 12.1. The molecule has 19 heavy (non-hydrogen) atoms. The summed E-state index contributed by atoms with van der Waals surface area (Å²) in [5.74, 6) is 0. The van der Waals surface area contributed by atoms with E-state index in [2.05, 4.69) is 17.4 Å². The van der Waals surface area contributed by atoms with Gasteiger partial charge in [0, 0.05) is 12.3 Å². The second-order valence-electron chi connectivity index (χ2n) is 4.48. The summed E-state index contributed by atoms with van der Waals surface area (Å²) in [7, 11) is 0. The van der Waals surface area contributed by atoms with Crippen molar-refractivity contribution >= 4 is 5.69 Å². The zero-order valence-corrected chi connectivity index (χ0v) is 10.8. The molecule has 0 fully saturated rings. The number of aliphatic hydroxyl groups excluding tert-OH is 2. The summed E-state index contributed by atoms with van der Waals surface area (Å²) in [5.41, 5.74) is 3.30. The van der Waals surface area contributed by atoms with Crippen LogP contribution in [0.5, 0.6) is 0 Å². The van der Waals surface area contributed by atoms with Gasteiger partial charge >= 0.3 is 0 Å². The van der Waals surface area contributed by atoms with Crippen molar-refractivity contribution in [1.82, 2.24) is 0 Å². The maximum Gasteiger partial charge on any atom is 0.0633 e. The largest absolute Gasteiger partial charge is 0.396 e. The summed E-state index contributed by atoms with van der Waals surface area (Å²) in [6.45, 7) is 0.0846. The number of nitrogens with one attached hydrogen (secondary N) is 1. The molecular weight excluding hydrogens is 238 g/mol. The highest BCUT2D eigenvalue weighted by Gasteiger charge is 2.06. The van der Waals surface area contributed by atoms with Crippen molar-refractivity contribution in [1.29, 1.82) is 0 Å². The Morgan fingerprint density at radius 2 is 1.47 bits per heavy atom. The van der Waals surface area contributed by atoms with Gasteiger partial charge in [0.05, 0.1) is 12.6 Å². The van der Waals surface area contributed by atoms with Crippen LogP contribution < -0.4 is 5.32 Å². The molecule has 0 radical (unpaired) electrons. The first kappa shape index (κ1) is 13.6. The molecule has 0 amide bonds. The third-order valence-corrected chi connectivity index (χ3v) is 3.06. The Morgan fingerprint density at radius 3 is 2.05 bits per heavy atom. The number of rotatable bonds is 6. The van der Waals surface area contributed by atoms with Crippen molar-refractivity contribution in [3.05, 3.63) is 54.6 Å². The molecule has 0 bridgehead atoms. The summed E-state index contributed by atoms with van der Waals surface area (Å²) in [6.07, 6.45) is 0.539. The van der Waals surface area contributed by atoms with Crippen LogP contribution in [-0.4, -0.2) is 29.5 Å². The first-order valence-electron chi connectivity index (χ1n) is 6.47. The number of anilines is 1. The van der Waals surface area contributed by atoms with Gasteiger partial charge < -0.3 is 15.5 Å². The van der Waals surface area contributed by atoms with Crippen LogP contribution in [-0.2, 0) is 0 Å². The van der Waals surface area contributed by atoms with Crippen LogP contribution in [0.15, 0.2) is 54.6 Å². The fraction of sp³-hybridized carbons (Fsp3) is 0.250. The van der Waals surface area contributed by atoms with Crippen LogP contribution in [0.25, 0.3) is 11.1 Å². The molecule has 0 saturated heterocycles. The van der Waals surface area contributed by atoms with Crippen molar-refractivity contribution in [2.45, 2.75) is 12.5 Å². The van der Waals surface area contributed by atoms with Gasteiger partial charge in [-0.15, -0.1) is 0 Å². The smallest absolute Gasteiger partial charge is 0.0633 e. The standard InChI is InChI=1S/C16H19NO2/c18-11-10-16(12-19)17-15-8-6-14(7-9-15)13-4-2-1-3-5-13/h1-9,16-19H,10-12H2. The van der Waals surface area contributed by atoms with E-state index < -0.39 is 0 Å². The number of hydrogen-bond donors (Lipinski definition) is 3. The molecule has 0 aliphatic rings. The van der Waals surface area contributed by atoms with Gasteiger partial charge in [0.2, 0.25) is 0 Å². The Balaban J connectivity index is 2.06. The van der Waals surface area contributed by atoms with E-state index in [1.165, 1.54) is 5.56 Å². The summed E-state index contributed by atoms with van der Waals surface area (Å²) < 4.78 is 0. The summed E-state index contributed by atoms with van der Waals surface area (Å²) >= 11 is 0.